The van der Waals surface area contributed by atoms with Gasteiger partial charge < -0.3 is 20.1 Å². The van der Waals surface area contributed by atoms with Crippen molar-refractivity contribution in [2.75, 3.05) is 38.3 Å². The summed E-state index contributed by atoms with van der Waals surface area (Å²) in [5, 5.41) is 0.764. The molecule has 0 amide bonds. The summed E-state index contributed by atoms with van der Waals surface area (Å²) in [4.78, 5) is 15.6. The van der Waals surface area contributed by atoms with Crippen LogP contribution in [0.15, 0.2) is 65.8 Å². The lowest BCUT2D eigenvalue weighted by Gasteiger charge is -2.29. The first-order valence-electron chi connectivity index (χ1n) is 11.5. The molecule has 35 heavy (non-hydrogen) atoms. The van der Waals surface area contributed by atoms with Crippen molar-refractivity contribution >= 4 is 22.8 Å². The number of morpholine rings is 1. The third-order valence-corrected chi connectivity index (χ3v) is 6.22. The fraction of sp³-hybridized carbons (Fsp3) is 0.296. The molecular formula is C27H30FN5O2. The minimum absolute atomic E-state index is 0.356. The number of hydrogen-bond acceptors (Lipinski definition) is 7. The van der Waals surface area contributed by atoms with Crippen LogP contribution in [0.2, 0.25) is 0 Å². The minimum Gasteiger partial charge on any atom is -0.499 e. The van der Waals surface area contributed by atoms with Gasteiger partial charge in [-0.15, -0.1) is 0 Å². The number of rotatable bonds is 7. The second-order valence-electron chi connectivity index (χ2n) is 8.35. The van der Waals surface area contributed by atoms with E-state index in [1.807, 2.05) is 25.1 Å². The number of halogens is 1. The summed E-state index contributed by atoms with van der Waals surface area (Å²) in [6, 6.07) is 8.58. The van der Waals surface area contributed by atoms with Gasteiger partial charge in [-0.2, -0.15) is 0 Å². The van der Waals surface area contributed by atoms with Gasteiger partial charge in [-0.1, -0.05) is 12.7 Å². The van der Waals surface area contributed by atoms with Gasteiger partial charge in [0.1, 0.15) is 17.9 Å². The van der Waals surface area contributed by atoms with E-state index >= 15 is 4.39 Å². The topological polar surface area (TPSA) is 85.9 Å². The number of methoxy groups -OCH3 is 1. The predicted octanol–water partition coefficient (Wildman–Crippen LogP) is 4.72. The molecule has 2 N–H and O–H groups in total. The molecule has 1 aliphatic rings. The van der Waals surface area contributed by atoms with Crippen LogP contribution in [-0.4, -0.2) is 49.6 Å². The highest BCUT2D eigenvalue weighted by Gasteiger charge is 2.21. The van der Waals surface area contributed by atoms with Gasteiger partial charge >= 0.3 is 0 Å². The van der Waals surface area contributed by atoms with Crippen molar-refractivity contribution in [1.29, 1.82) is 0 Å². The number of aryl methyl sites for hydroxylation is 1. The fourth-order valence-electron chi connectivity index (χ4n) is 4.26. The highest BCUT2D eigenvalue weighted by molar-refractivity contribution is 5.94. The number of anilines is 1. The quantitative estimate of drug-likeness (QED) is 0.393. The second kappa shape index (κ2) is 10.8. The molecule has 7 nitrogen and oxygen atoms in total. The average Bonchev–Trinajstić information content (AvgIpc) is 2.88. The normalized spacial score (nSPS) is 15.9. The molecule has 2 aromatic carbocycles. The van der Waals surface area contributed by atoms with Gasteiger partial charge in [-0.25, -0.2) is 14.4 Å². The maximum Gasteiger partial charge on any atom is 0.132 e. The molecule has 4 rings (SSSR count). The standard InChI is InChI=1S/C27H30FN5O2/c1-5-8-30-26(18(3)34-4)25(29)21-15-22(23(28)13-17(21)2)27-20-7-6-19(14-24(20)31-16-32-27)33-9-11-35-12-10-33/h5-8,13-16,25H,1,9-12,29H2,2-4H3/b26-18+,30-8?. The number of aromatic nitrogens is 2. The highest BCUT2D eigenvalue weighted by Crippen LogP contribution is 2.34. The van der Waals surface area contributed by atoms with Crippen molar-refractivity contribution in [2.24, 2.45) is 10.7 Å². The molecule has 1 saturated heterocycles. The minimum atomic E-state index is -0.633. The maximum absolute atomic E-state index is 15.3. The maximum atomic E-state index is 15.3. The molecule has 1 atom stereocenters. The molecule has 8 heteroatoms. The van der Waals surface area contributed by atoms with Crippen LogP contribution in [0, 0.1) is 12.7 Å². The molecule has 1 aromatic heterocycles. The number of fused-ring (bicyclic) bond motifs is 1. The van der Waals surface area contributed by atoms with Gasteiger partial charge in [0.25, 0.3) is 0 Å². The third-order valence-electron chi connectivity index (χ3n) is 6.22. The molecule has 0 saturated carbocycles. The summed E-state index contributed by atoms with van der Waals surface area (Å²) in [7, 11) is 1.56. The lowest BCUT2D eigenvalue weighted by Crippen LogP contribution is -2.36. The van der Waals surface area contributed by atoms with E-state index in [-0.39, 0.29) is 5.82 Å². The van der Waals surface area contributed by atoms with Crippen molar-refractivity contribution in [1.82, 2.24) is 9.97 Å². The van der Waals surface area contributed by atoms with Crippen molar-refractivity contribution in [3.8, 4) is 11.3 Å². The van der Waals surface area contributed by atoms with Crippen LogP contribution in [0.3, 0.4) is 0 Å². The summed E-state index contributed by atoms with van der Waals surface area (Å²) >= 11 is 0. The van der Waals surface area contributed by atoms with Crippen LogP contribution >= 0.6 is 0 Å². The fourth-order valence-corrected chi connectivity index (χ4v) is 4.26. The van der Waals surface area contributed by atoms with Gasteiger partial charge in [-0.05, 0) is 55.3 Å². The van der Waals surface area contributed by atoms with E-state index in [1.165, 1.54) is 12.4 Å². The smallest absolute Gasteiger partial charge is 0.132 e. The number of benzene rings is 2. The van der Waals surface area contributed by atoms with E-state index in [0.29, 0.717) is 41.5 Å². The Morgan fingerprint density at radius 2 is 2.03 bits per heavy atom. The van der Waals surface area contributed by atoms with Crippen molar-refractivity contribution in [3.63, 3.8) is 0 Å². The molecule has 0 bridgehead atoms. The number of nitrogens with zero attached hydrogens (tertiary/aromatic N) is 4. The Bertz CT molecular complexity index is 1300. The Balaban J connectivity index is 1.80. The van der Waals surface area contributed by atoms with E-state index in [0.717, 1.165) is 35.2 Å². The molecule has 0 spiro atoms. The molecule has 2 heterocycles. The van der Waals surface area contributed by atoms with Crippen LogP contribution in [0.4, 0.5) is 10.1 Å². The summed E-state index contributed by atoms with van der Waals surface area (Å²) in [5.41, 5.74) is 11.3. The van der Waals surface area contributed by atoms with E-state index in [1.54, 1.807) is 32.4 Å². The van der Waals surface area contributed by atoms with E-state index in [4.69, 9.17) is 15.2 Å². The first-order valence-corrected chi connectivity index (χ1v) is 11.5. The first-order chi connectivity index (χ1) is 16.9. The van der Waals surface area contributed by atoms with Gasteiger partial charge in [0.05, 0.1) is 43.3 Å². The zero-order chi connectivity index (χ0) is 24.9. The van der Waals surface area contributed by atoms with Crippen molar-refractivity contribution in [3.05, 3.63) is 77.7 Å². The monoisotopic (exact) mass is 475 g/mol. The van der Waals surface area contributed by atoms with Crippen LogP contribution in [0.1, 0.15) is 24.1 Å². The van der Waals surface area contributed by atoms with Crippen LogP contribution in [0.25, 0.3) is 22.2 Å². The Morgan fingerprint density at radius 3 is 2.74 bits per heavy atom. The number of hydrogen-bond donors (Lipinski definition) is 1. The highest BCUT2D eigenvalue weighted by atomic mass is 19.1. The largest absolute Gasteiger partial charge is 0.499 e. The molecule has 1 fully saturated rings. The zero-order valence-electron chi connectivity index (χ0n) is 20.3. The summed E-state index contributed by atoms with van der Waals surface area (Å²) in [6.07, 6.45) is 4.59. The van der Waals surface area contributed by atoms with E-state index < -0.39 is 6.04 Å². The number of allylic oxidation sites excluding steroid dienone is 2. The van der Waals surface area contributed by atoms with Crippen LogP contribution in [-0.2, 0) is 9.47 Å². The van der Waals surface area contributed by atoms with Crippen molar-refractivity contribution < 1.29 is 13.9 Å². The zero-order valence-corrected chi connectivity index (χ0v) is 20.3. The molecule has 0 aliphatic carbocycles. The SMILES string of the molecule is C=CC=N/C(=C(\C)OC)C(N)c1cc(-c2ncnc3cc(N4CCOCC4)ccc23)c(F)cc1C. The summed E-state index contributed by atoms with van der Waals surface area (Å²) in [6.45, 7) is 10.3. The summed E-state index contributed by atoms with van der Waals surface area (Å²) < 4.78 is 26.2. The number of ether oxygens (including phenoxy) is 2. The van der Waals surface area contributed by atoms with Gasteiger partial charge in [0.2, 0.25) is 0 Å². The molecular weight excluding hydrogens is 445 g/mol. The third kappa shape index (κ3) is 5.08. The van der Waals surface area contributed by atoms with E-state index in [9.17, 15) is 0 Å². The second-order valence-corrected chi connectivity index (χ2v) is 8.35. The molecule has 182 valence electrons. The van der Waals surface area contributed by atoms with Gasteiger partial charge in [-0.3, -0.25) is 4.99 Å². The molecule has 0 radical (unpaired) electrons. The predicted molar refractivity (Wildman–Crippen MR) is 138 cm³/mol. The van der Waals surface area contributed by atoms with Gasteiger partial charge in [0.15, 0.2) is 0 Å². The molecule has 3 aromatic rings. The van der Waals surface area contributed by atoms with Crippen LogP contribution < -0.4 is 10.6 Å². The Kier molecular flexibility index (Phi) is 7.53. The van der Waals surface area contributed by atoms with E-state index in [2.05, 4.69) is 26.4 Å². The van der Waals surface area contributed by atoms with Crippen LogP contribution in [0.5, 0.6) is 0 Å². The Labute approximate surface area is 204 Å². The Hall–Kier alpha value is -3.62. The lowest BCUT2D eigenvalue weighted by atomic mass is 9.94. The average molecular weight is 476 g/mol. The first kappa shape index (κ1) is 24.5. The Morgan fingerprint density at radius 1 is 1.26 bits per heavy atom. The van der Waals surface area contributed by atoms with Gasteiger partial charge in [0, 0.05) is 35.9 Å². The molecule has 1 unspecified atom stereocenters. The summed E-state index contributed by atoms with van der Waals surface area (Å²) in [5.74, 6) is 0.197. The lowest BCUT2D eigenvalue weighted by molar-refractivity contribution is 0.122. The molecule has 1 aliphatic heterocycles. The number of nitrogens with two attached hydrogens (primary N) is 1. The number of aliphatic imine (C=N–C) groups is 1. The van der Waals surface area contributed by atoms with Crippen molar-refractivity contribution in [2.45, 2.75) is 19.9 Å².